The highest BCUT2D eigenvalue weighted by Crippen LogP contribution is 2.27. The van der Waals surface area contributed by atoms with Gasteiger partial charge in [-0.2, -0.15) is 0 Å². The number of anilines is 2. The van der Waals surface area contributed by atoms with E-state index in [0.29, 0.717) is 34.8 Å². The van der Waals surface area contributed by atoms with Gasteiger partial charge in [0.2, 0.25) is 0 Å². The highest BCUT2D eigenvalue weighted by atomic mass is 16.3. The SMILES string of the molecule is Cc1ccc(C)c(NC(=O)C2=CC(=Nc3ccc(N(C)CCO)cc3)c3ccccc3C2=O)c1. The van der Waals surface area contributed by atoms with Crippen LogP contribution in [0.4, 0.5) is 17.1 Å². The van der Waals surface area contributed by atoms with Gasteiger partial charge in [0.15, 0.2) is 5.78 Å². The Hall–Kier alpha value is -4.03. The Morgan fingerprint density at radius 2 is 1.71 bits per heavy atom. The van der Waals surface area contributed by atoms with Crippen LogP contribution in [0.15, 0.2) is 83.4 Å². The molecule has 172 valence electrons. The Kier molecular flexibility index (Phi) is 6.70. The van der Waals surface area contributed by atoms with Crippen molar-refractivity contribution >= 4 is 34.5 Å². The fourth-order valence-corrected chi connectivity index (χ4v) is 3.85. The molecule has 0 aromatic heterocycles. The number of allylic oxidation sites excluding steroid dienone is 1. The molecule has 0 spiro atoms. The first kappa shape index (κ1) is 23.1. The van der Waals surface area contributed by atoms with Gasteiger partial charge in [-0.15, -0.1) is 0 Å². The normalized spacial score (nSPS) is 13.9. The van der Waals surface area contributed by atoms with Gasteiger partial charge < -0.3 is 15.3 Å². The quantitative estimate of drug-likeness (QED) is 0.534. The number of aliphatic hydroxyl groups excluding tert-OH is 1. The third-order valence-corrected chi connectivity index (χ3v) is 5.83. The zero-order chi connectivity index (χ0) is 24.2. The molecule has 0 bridgehead atoms. The average Bonchev–Trinajstić information content (AvgIpc) is 2.83. The molecule has 0 saturated carbocycles. The molecule has 3 aromatic carbocycles. The van der Waals surface area contributed by atoms with Gasteiger partial charge in [0.1, 0.15) is 0 Å². The number of hydrogen-bond acceptors (Lipinski definition) is 5. The van der Waals surface area contributed by atoms with Crippen molar-refractivity contribution in [1.29, 1.82) is 0 Å². The number of Topliss-reactive ketones (excluding diaryl/α,β-unsaturated/α-hetero) is 1. The van der Waals surface area contributed by atoms with Crippen LogP contribution in [0.2, 0.25) is 0 Å². The second kappa shape index (κ2) is 9.85. The fraction of sp³-hybridized carbons (Fsp3) is 0.179. The van der Waals surface area contributed by atoms with Gasteiger partial charge in [-0.25, -0.2) is 4.99 Å². The van der Waals surface area contributed by atoms with E-state index in [-0.39, 0.29) is 18.0 Å². The summed E-state index contributed by atoms with van der Waals surface area (Å²) in [6.45, 7) is 4.47. The number of benzene rings is 3. The third kappa shape index (κ3) is 4.82. The molecule has 0 heterocycles. The molecule has 2 N–H and O–H groups in total. The first-order chi connectivity index (χ1) is 16.4. The minimum Gasteiger partial charge on any atom is -0.395 e. The lowest BCUT2D eigenvalue weighted by molar-refractivity contribution is -0.112. The number of nitrogens with zero attached hydrogens (tertiary/aromatic N) is 2. The predicted octanol–water partition coefficient (Wildman–Crippen LogP) is 4.61. The Balaban J connectivity index is 1.70. The summed E-state index contributed by atoms with van der Waals surface area (Å²) in [5.41, 5.74) is 6.03. The van der Waals surface area contributed by atoms with Gasteiger partial charge >= 0.3 is 0 Å². The largest absolute Gasteiger partial charge is 0.395 e. The minimum absolute atomic E-state index is 0.0534. The van der Waals surface area contributed by atoms with Gasteiger partial charge in [-0.3, -0.25) is 9.59 Å². The van der Waals surface area contributed by atoms with Gasteiger partial charge in [0.25, 0.3) is 5.91 Å². The number of aliphatic hydroxyl groups is 1. The maximum absolute atomic E-state index is 13.2. The molecule has 6 nitrogen and oxygen atoms in total. The van der Waals surface area contributed by atoms with E-state index in [1.165, 1.54) is 0 Å². The van der Waals surface area contributed by atoms with Crippen molar-refractivity contribution in [3.05, 3.63) is 101 Å². The monoisotopic (exact) mass is 453 g/mol. The Morgan fingerprint density at radius 1 is 1.00 bits per heavy atom. The summed E-state index contributed by atoms with van der Waals surface area (Å²) in [5, 5.41) is 12.0. The topological polar surface area (TPSA) is 82.0 Å². The number of aliphatic imine (C=N–C) groups is 1. The number of carbonyl (C=O) groups excluding carboxylic acids is 2. The fourth-order valence-electron chi connectivity index (χ4n) is 3.85. The predicted molar refractivity (Wildman–Crippen MR) is 136 cm³/mol. The van der Waals surface area contributed by atoms with E-state index in [1.54, 1.807) is 18.2 Å². The molecule has 0 aliphatic heterocycles. The van der Waals surface area contributed by atoms with Crippen LogP contribution >= 0.6 is 0 Å². The number of amides is 1. The van der Waals surface area contributed by atoms with E-state index in [4.69, 9.17) is 10.1 Å². The van der Waals surface area contributed by atoms with Gasteiger partial charge in [0.05, 0.1) is 23.6 Å². The lowest BCUT2D eigenvalue weighted by Crippen LogP contribution is -2.26. The van der Waals surface area contributed by atoms with E-state index in [0.717, 1.165) is 16.8 Å². The lowest BCUT2D eigenvalue weighted by Gasteiger charge is -2.19. The molecule has 1 aliphatic carbocycles. The summed E-state index contributed by atoms with van der Waals surface area (Å²) in [5.74, 6) is -0.778. The molecule has 0 radical (unpaired) electrons. The minimum atomic E-state index is -0.457. The summed E-state index contributed by atoms with van der Waals surface area (Å²) in [4.78, 5) is 33.0. The van der Waals surface area contributed by atoms with Crippen LogP contribution in [0.25, 0.3) is 0 Å². The second-order valence-corrected chi connectivity index (χ2v) is 8.36. The van der Waals surface area contributed by atoms with E-state index in [9.17, 15) is 9.59 Å². The van der Waals surface area contributed by atoms with Crippen molar-refractivity contribution in [2.24, 2.45) is 4.99 Å². The van der Waals surface area contributed by atoms with Gasteiger partial charge in [0, 0.05) is 36.1 Å². The van der Waals surface area contributed by atoms with Crippen LogP contribution in [0, 0.1) is 13.8 Å². The van der Waals surface area contributed by atoms with E-state index in [1.807, 2.05) is 80.4 Å². The zero-order valence-electron chi connectivity index (χ0n) is 19.5. The smallest absolute Gasteiger partial charge is 0.259 e. The van der Waals surface area contributed by atoms with E-state index < -0.39 is 5.91 Å². The summed E-state index contributed by atoms with van der Waals surface area (Å²) < 4.78 is 0. The van der Waals surface area contributed by atoms with Gasteiger partial charge in [-0.1, -0.05) is 36.4 Å². The summed E-state index contributed by atoms with van der Waals surface area (Å²) in [6.07, 6.45) is 1.57. The molecular formula is C28H27N3O3. The second-order valence-electron chi connectivity index (χ2n) is 8.36. The number of rotatable bonds is 6. The van der Waals surface area contributed by atoms with Crippen molar-refractivity contribution in [2.75, 3.05) is 30.4 Å². The molecule has 1 aliphatic rings. The van der Waals surface area contributed by atoms with Crippen LogP contribution in [-0.4, -0.2) is 42.7 Å². The molecule has 3 aromatic rings. The van der Waals surface area contributed by atoms with Crippen LogP contribution in [0.5, 0.6) is 0 Å². The number of aryl methyl sites for hydroxylation is 2. The molecule has 0 saturated heterocycles. The number of nitrogens with one attached hydrogen (secondary N) is 1. The number of fused-ring (bicyclic) bond motifs is 1. The lowest BCUT2D eigenvalue weighted by atomic mass is 9.88. The molecule has 0 fully saturated rings. The molecule has 6 heteroatoms. The van der Waals surface area contributed by atoms with Crippen LogP contribution in [0.3, 0.4) is 0 Å². The molecule has 0 atom stereocenters. The van der Waals surface area contributed by atoms with Crippen LogP contribution in [-0.2, 0) is 4.79 Å². The Bertz CT molecular complexity index is 1310. The molecule has 1 amide bonds. The first-order valence-electron chi connectivity index (χ1n) is 11.1. The molecule has 0 unspecified atom stereocenters. The van der Waals surface area contributed by atoms with E-state index >= 15 is 0 Å². The zero-order valence-corrected chi connectivity index (χ0v) is 19.5. The maximum Gasteiger partial charge on any atom is 0.259 e. The van der Waals surface area contributed by atoms with Crippen molar-refractivity contribution in [2.45, 2.75) is 13.8 Å². The summed E-state index contributed by atoms with van der Waals surface area (Å²) >= 11 is 0. The highest BCUT2D eigenvalue weighted by molar-refractivity contribution is 6.37. The molecule has 34 heavy (non-hydrogen) atoms. The first-order valence-corrected chi connectivity index (χ1v) is 11.1. The van der Waals surface area contributed by atoms with E-state index in [2.05, 4.69) is 5.32 Å². The van der Waals surface area contributed by atoms with Crippen molar-refractivity contribution < 1.29 is 14.7 Å². The average molecular weight is 454 g/mol. The number of ketones is 1. The molecule has 4 rings (SSSR count). The summed E-state index contributed by atoms with van der Waals surface area (Å²) in [7, 11) is 1.91. The Morgan fingerprint density at radius 3 is 2.41 bits per heavy atom. The van der Waals surface area contributed by atoms with Crippen molar-refractivity contribution in [3.63, 3.8) is 0 Å². The van der Waals surface area contributed by atoms with Crippen molar-refractivity contribution in [1.82, 2.24) is 0 Å². The van der Waals surface area contributed by atoms with Crippen LogP contribution < -0.4 is 10.2 Å². The Labute approximate surface area is 199 Å². The van der Waals surface area contributed by atoms with Crippen molar-refractivity contribution in [3.8, 4) is 0 Å². The third-order valence-electron chi connectivity index (χ3n) is 5.83. The standard InChI is InChI=1S/C28H27N3O3/c1-18-8-9-19(2)25(16-18)30-28(34)24-17-26(22-6-4-5-7-23(22)27(24)33)29-20-10-12-21(13-11-20)31(3)14-15-32/h4-13,16-17,32H,14-15H2,1-3H3,(H,30,34). The maximum atomic E-state index is 13.2. The summed E-state index contributed by atoms with van der Waals surface area (Å²) in [6, 6.07) is 20.6. The highest BCUT2D eigenvalue weighted by Gasteiger charge is 2.28. The number of likely N-dealkylation sites (N-methyl/N-ethyl adjacent to an activating group) is 1. The number of carbonyl (C=O) groups is 2. The van der Waals surface area contributed by atoms with Gasteiger partial charge in [-0.05, 0) is 61.4 Å². The molecular weight excluding hydrogens is 426 g/mol. The number of hydrogen-bond donors (Lipinski definition) is 2. The van der Waals surface area contributed by atoms with Crippen LogP contribution in [0.1, 0.15) is 27.0 Å².